The van der Waals surface area contributed by atoms with Crippen molar-refractivity contribution in [3.8, 4) is 22.3 Å². The molecular weight excluding hydrogens is 1540 g/mol. The number of nitrogens with zero attached hydrogens (tertiary/aromatic N) is 3. The van der Waals surface area contributed by atoms with Gasteiger partial charge in [-0.3, -0.25) is 30.9 Å². The lowest BCUT2D eigenvalue weighted by atomic mass is 9.93. The predicted molar refractivity (Wildman–Crippen MR) is 534 cm³/mol. The van der Waals surface area contributed by atoms with Crippen molar-refractivity contribution in [3.05, 3.63) is 509 Å². The van der Waals surface area contributed by atoms with Crippen LogP contribution in [-0.4, -0.2) is 36.1 Å². The first kappa shape index (κ1) is 92.7. The topological polar surface area (TPSA) is 208 Å². The molecule has 13 aromatic rings. The van der Waals surface area contributed by atoms with Crippen LogP contribution in [-0.2, 0) is 0 Å². The van der Waals surface area contributed by atoms with Gasteiger partial charge >= 0.3 is 0 Å². The summed E-state index contributed by atoms with van der Waals surface area (Å²) in [6, 6.07) is 131. The maximum atomic E-state index is 6.22. The minimum absolute atomic E-state index is 0. The van der Waals surface area contributed by atoms with E-state index < -0.39 is 0 Å². The largest absolute Gasteiger partial charge is 0.372 e. The average Bonchev–Trinajstić information content (AvgIpc) is 0.844. The molecule has 0 saturated heterocycles. The molecule has 1 aliphatic carbocycles. The molecule has 0 saturated carbocycles. The van der Waals surface area contributed by atoms with Gasteiger partial charge in [-0.15, -0.1) is 0 Å². The first-order valence-electron chi connectivity index (χ1n) is 43.4. The molecule has 0 spiro atoms. The first-order valence-corrected chi connectivity index (χ1v) is 43.4. The molecule has 13 aromatic carbocycles. The maximum absolute atomic E-state index is 6.22. The Hall–Kier alpha value is -14.0. The standard InChI is InChI=1S/2C23H20N2.2C17H18N2.C17H20N2.C9H14N2.C7H8.H3N/c1-17-24-22(19-12-6-3-7-13-19)16-23(25-17)21-15-9-8-14-20(21)18-10-4-2-5-11-18;1-17-24-22(19-11-6-3-7-12-19)16-23(25-17)21-14-8-13-20(15-21)18-9-4-2-5-10-18;1-13-18-16(14-8-4-2-5-9-14)12-17(19-13)15-10-6-3-7-11-15;1-13-12-18-17(15-10-6-3-7-11-15)19-16(13)14-8-4-2-5-9-14;1-2-9-16(14-10-5-3-6-11-14)19-17(18)15-12-7-4-8-13-15;1-2-11-9(10)8-6-4-3-5-7-8;1-7-5-3-2-4-6-7;/h2-16,23H,1H3,(H,24,25);2-17,24H,1H3;2-6,8-10,12-13,18H,7,11H2,1H3;2-12,16-19H,1H3;2-13,16-17,19H,18H2,1H3;3-7,9,11H,2,10H2,1H3;2-6H,1H3;1H3/b;;;;9-2+;;;. The predicted octanol–water partition coefficient (Wildman–Crippen LogP) is 24.8. The molecule has 638 valence electrons. The zero-order valence-corrected chi connectivity index (χ0v) is 73.5. The van der Waals surface area contributed by atoms with E-state index in [1.165, 1.54) is 77.9 Å². The molecule has 0 fully saturated rings. The summed E-state index contributed by atoms with van der Waals surface area (Å²) >= 11 is 0. The van der Waals surface area contributed by atoms with Crippen molar-refractivity contribution in [2.45, 2.75) is 110 Å². The summed E-state index contributed by atoms with van der Waals surface area (Å²) < 4.78 is 0. The molecule has 0 aromatic heterocycles. The SMILES string of the molecule is C/C=C/C(NC(N)c1ccccc1)c1ccccc1.CC1=CNC(c2ccccc2)NC1c1ccccc1.CC1=NC(c2ccccc2-c2ccccc2)C=C(c2ccccc2)N1.CC1N=C(C2=CC=CCC2)C=C(c2ccccc2)N1.CC1N=C(c2cccc(-c3ccccc3)c2)C=C(c2ccccc2)N1.CCNC(N)c1ccccc1.Cc1ccccc1.N. The van der Waals surface area contributed by atoms with E-state index in [2.05, 4.69) is 362 Å². The lowest BCUT2D eigenvalue weighted by Gasteiger charge is -2.32. The second-order valence-electron chi connectivity index (χ2n) is 30.8. The van der Waals surface area contributed by atoms with Gasteiger partial charge < -0.3 is 38.9 Å². The number of nitrogens with one attached hydrogen (secondary N) is 7. The van der Waals surface area contributed by atoms with E-state index in [4.69, 9.17) is 26.4 Å². The van der Waals surface area contributed by atoms with Gasteiger partial charge in [-0.25, -0.2) is 0 Å². The summed E-state index contributed by atoms with van der Waals surface area (Å²) in [6.07, 6.45) is 21.6. The third-order valence-electron chi connectivity index (χ3n) is 21.3. The number of aryl methyl sites for hydroxylation is 1. The highest BCUT2D eigenvalue weighted by atomic mass is 15.2. The monoisotopic (exact) mass is 1660 g/mol. The Morgan fingerprint density at radius 2 is 0.881 bits per heavy atom. The minimum atomic E-state index is -0.178. The first-order chi connectivity index (χ1) is 61.3. The van der Waals surface area contributed by atoms with Crippen molar-refractivity contribution in [2.75, 3.05) is 6.54 Å². The summed E-state index contributed by atoms with van der Waals surface area (Å²) in [7, 11) is 0. The van der Waals surface area contributed by atoms with Crippen LogP contribution in [0.3, 0.4) is 0 Å². The number of benzene rings is 13. The smallest absolute Gasteiger partial charge is 0.116 e. The van der Waals surface area contributed by atoms with Crippen molar-refractivity contribution in [2.24, 2.45) is 26.4 Å². The second-order valence-corrected chi connectivity index (χ2v) is 30.8. The van der Waals surface area contributed by atoms with Crippen LogP contribution in [0.4, 0.5) is 0 Å². The van der Waals surface area contributed by atoms with Gasteiger partial charge in [-0.2, -0.15) is 0 Å². The van der Waals surface area contributed by atoms with E-state index >= 15 is 0 Å². The van der Waals surface area contributed by atoms with Crippen molar-refractivity contribution in [1.29, 1.82) is 0 Å². The van der Waals surface area contributed by atoms with Crippen molar-refractivity contribution in [1.82, 2.24) is 43.4 Å². The highest BCUT2D eigenvalue weighted by Gasteiger charge is 2.25. The number of aliphatic imine (C=N–C) groups is 3. The molecule has 8 atom stereocenters. The number of hydrogen-bond acceptors (Lipinski definition) is 13. The van der Waals surface area contributed by atoms with Gasteiger partial charge in [0.2, 0.25) is 0 Å². The van der Waals surface area contributed by atoms with Crippen LogP contribution >= 0.6 is 0 Å². The third-order valence-corrected chi connectivity index (χ3v) is 21.3. The molecule has 8 unspecified atom stereocenters. The normalized spacial score (nSPS) is 17.1. The molecule has 5 aliphatic rings. The van der Waals surface area contributed by atoms with Gasteiger partial charge in [0.1, 0.15) is 18.5 Å². The molecule has 0 radical (unpaired) electrons. The van der Waals surface area contributed by atoms with Gasteiger partial charge in [0, 0.05) is 22.7 Å². The van der Waals surface area contributed by atoms with Crippen LogP contribution in [0.25, 0.3) is 39.3 Å². The summed E-state index contributed by atoms with van der Waals surface area (Å²) in [5.41, 5.74) is 38.3. The second kappa shape index (κ2) is 49.9. The summed E-state index contributed by atoms with van der Waals surface area (Å²) in [4.78, 5) is 14.3. The summed E-state index contributed by atoms with van der Waals surface area (Å²) in [6.45, 7) is 15.4. The fourth-order valence-corrected chi connectivity index (χ4v) is 14.9. The summed E-state index contributed by atoms with van der Waals surface area (Å²) in [5, 5.41) is 23.9. The number of hydrogen-bond donors (Lipinski definition) is 10. The van der Waals surface area contributed by atoms with Gasteiger partial charge in [0.15, 0.2) is 0 Å². The van der Waals surface area contributed by atoms with E-state index in [0.717, 1.165) is 70.4 Å². The summed E-state index contributed by atoms with van der Waals surface area (Å²) in [5.74, 6) is 0.939. The van der Waals surface area contributed by atoms with Crippen molar-refractivity contribution < 1.29 is 0 Å². The quantitative estimate of drug-likeness (QED) is 0.0290. The zero-order valence-electron chi connectivity index (χ0n) is 73.5. The Labute approximate surface area is 747 Å². The molecule has 0 bridgehead atoms. The molecule has 13 heteroatoms. The fourth-order valence-electron chi connectivity index (χ4n) is 14.9. The van der Waals surface area contributed by atoms with Crippen LogP contribution in [0.1, 0.15) is 152 Å². The molecule has 126 heavy (non-hydrogen) atoms. The van der Waals surface area contributed by atoms with E-state index in [9.17, 15) is 0 Å². The van der Waals surface area contributed by atoms with Gasteiger partial charge in [-0.1, -0.05) is 419 Å². The van der Waals surface area contributed by atoms with Gasteiger partial charge in [-0.05, 0) is 175 Å². The lowest BCUT2D eigenvalue weighted by molar-refractivity contribution is 0.417. The van der Waals surface area contributed by atoms with Crippen LogP contribution in [0, 0.1) is 6.92 Å². The van der Waals surface area contributed by atoms with E-state index in [1.54, 1.807) is 0 Å². The van der Waals surface area contributed by atoms with Crippen molar-refractivity contribution in [3.63, 3.8) is 0 Å². The number of rotatable bonds is 18. The fraction of sp³-hybridized carbons (Fsp3) is 0.159. The van der Waals surface area contributed by atoms with E-state index in [0.29, 0.717) is 0 Å². The third kappa shape index (κ3) is 28.5. The Morgan fingerprint density at radius 1 is 0.444 bits per heavy atom. The number of allylic oxidation sites excluding steroid dienone is 7. The highest BCUT2D eigenvalue weighted by Crippen LogP contribution is 2.35. The molecule has 0 amide bonds. The molecule has 13 nitrogen and oxygen atoms in total. The van der Waals surface area contributed by atoms with E-state index in [1.807, 2.05) is 160 Å². The zero-order chi connectivity index (χ0) is 87.0. The molecule has 4 aliphatic heterocycles. The van der Waals surface area contributed by atoms with E-state index in [-0.39, 0.29) is 55.1 Å². The highest BCUT2D eigenvalue weighted by molar-refractivity contribution is 6.14. The lowest BCUT2D eigenvalue weighted by Crippen LogP contribution is -2.39. The minimum Gasteiger partial charge on any atom is -0.372 e. The molecule has 18 rings (SSSR count). The van der Waals surface area contributed by atoms with Crippen LogP contribution < -0.4 is 54.8 Å². The Kier molecular flexibility index (Phi) is 36.8. The Morgan fingerprint density at radius 3 is 1.39 bits per heavy atom. The molecule has 4 heterocycles. The van der Waals surface area contributed by atoms with Gasteiger partial charge in [0.25, 0.3) is 0 Å². The Balaban J connectivity index is 0.000000146. The molecular formula is C113H121N13. The van der Waals surface area contributed by atoms with Crippen LogP contribution in [0.15, 0.2) is 463 Å². The molecule has 14 N–H and O–H groups in total. The number of amidine groups is 1. The van der Waals surface area contributed by atoms with Crippen LogP contribution in [0.2, 0.25) is 0 Å². The number of nitrogens with two attached hydrogens (primary N) is 2. The maximum Gasteiger partial charge on any atom is 0.116 e. The van der Waals surface area contributed by atoms with Crippen LogP contribution in [0.5, 0.6) is 0 Å². The Bertz CT molecular complexity index is 5730. The van der Waals surface area contributed by atoms with Gasteiger partial charge in [0.05, 0.1) is 47.7 Å². The van der Waals surface area contributed by atoms with Crippen molar-refractivity contribution >= 4 is 34.4 Å². The average molecular weight is 1660 g/mol.